The van der Waals surface area contributed by atoms with E-state index >= 15 is 0 Å². The summed E-state index contributed by atoms with van der Waals surface area (Å²) in [5.41, 5.74) is 1.06. The fourth-order valence-corrected chi connectivity index (χ4v) is 2.72. The summed E-state index contributed by atoms with van der Waals surface area (Å²) >= 11 is 0. The minimum atomic E-state index is -1.76. The number of hydrogen-bond donors (Lipinski definition) is 0. The van der Waals surface area contributed by atoms with E-state index < -0.39 is 8.32 Å². The molecule has 1 saturated heterocycles. The van der Waals surface area contributed by atoms with Crippen LogP contribution in [0.5, 0.6) is 5.75 Å². The molecule has 0 N–H and O–H groups in total. The highest BCUT2D eigenvalue weighted by atomic mass is 28.4. The van der Waals surface area contributed by atoms with Crippen LogP contribution in [0.15, 0.2) is 24.3 Å². The highest BCUT2D eigenvalue weighted by Crippen LogP contribution is 2.37. The molecule has 106 valence electrons. The van der Waals surface area contributed by atoms with Crippen LogP contribution < -0.4 is 4.43 Å². The molecular formula is C15H24O3Si. The van der Waals surface area contributed by atoms with Crippen LogP contribution in [0.25, 0.3) is 0 Å². The van der Waals surface area contributed by atoms with Gasteiger partial charge in [-0.2, -0.15) is 0 Å². The van der Waals surface area contributed by atoms with Crippen LogP contribution in [0, 0.1) is 0 Å². The van der Waals surface area contributed by atoms with Gasteiger partial charge in [0, 0.05) is 5.56 Å². The normalized spacial score (nSPS) is 17.7. The first-order chi connectivity index (χ1) is 8.79. The summed E-state index contributed by atoms with van der Waals surface area (Å²) in [6.07, 6.45) is -0.207. The van der Waals surface area contributed by atoms with E-state index in [1.54, 1.807) is 0 Å². The summed E-state index contributed by atoms with van der Waals surface area (Å²) in [5, 5.41) is 0.212. The molecule has 1 fully saturated rings. The zero-order valence-corrected chi connectivity index (χ0v) is 13.5. The Balaban J connectivity index is 2.06. The monoisotopic (exact) mass is 280 g/mol. The Morgan fingerprint density at radius 2 is 1.58 bits per heavy atom. The van der Waals surface area contributed by atoms with Crippen molar-refractivity contribution in [1.29, 1.82) is 0 Å². The number of ether oxygens (including phenoxy) is 2. The Labute approximate surface area is 117 Å². The third-order valence-corrected chi connectivity index (χ3v) is 8.31. The predicted molar refractivity (Wildman–Crippen MR) is 78.9 cm³/mol. The second kappa shape index (κ2) is 5.27. The molecule has 0 spiro atoms. The highest BCUT2D eigenvalue weighted by Gasteiger charge is 2.38. The van der Waals surface area contributed by atoms with Gasteiger partial charge in [0.2, 0.25) is 8.32 Å². The van der Waals surface area contributed by atoms with Crippen molar-refractivity contribution in [2.75, 3.05) is 13.2 Å². The van der Waals surface area contributed by atoms with Crippen LogP contribution in [0.1, 0.15) is 32.6 Å². The van der Waals surface area contributed by atoms with Gasteiger partial charge in [0.05, 0.1) is 13.2 Å². The van der Waals surface area contributed by atoms with Gasteiger partial charge in [-0.25, -0.2) is 0 Å². The van der Waals surface area contributed by atoms with Crippen LogP contribution >= 0.6 is 0 Å². The van der Waals surface area contributed by atoms with Crippen LogP contribution in [-0.4, -0.2) is 21.5 Å². The molecule has 0 radical (unpaired) electrons. The number of hydrogen-bond acceptors (Lipinski definition) is 3. The molecule has 0 aliphatic carbocycles. The molecule has 1 aliphatic rings. The first-order valence-electron chi connectivity index (χ1n) is 6.82. The Bertz CT molecular complexity index is 414. The lowest BCUT2D eigenvalue weighted by Gasteiger charge is -2.36. The van der Waals surface area contributed by atoms with Gasteiger partial charge in [0.25, 0.3) is 0 Å². The molecule has 2 rings (SSSR count). The maximum Gasteiger partial charge on any atom is 0.250 e. The Morgan fingerprint density at radius 3 is 2.05 bits per heavy atom. The van der Waals surface area contributed by atoms with Crippen molar-refractivity contribution in [1.82, 2.24) is 0 Å². The van der Waals surface area contributed by atoms with E-state index in [1.807, 2.05) is 24.3 Å². The fraction of sp³-hybridized carbons (Fsp3) is 0.600. The second-order valence-corrected chi connectivity index (χ2v) is 11.2. The molecule has 0 amide bonds. The van der Waals surface area contributed by atoms with E-state index in [-0.39, 0.29) is 11.3 Å². The lowest BCUT2D eigenvalue weighted by Crippen LogP contribution is -2.43. The average molecular weight is 280 g/mol. The summed E-state index contributed by atoms with van der Waals surface area (Å²) in [7, 11) is -1.76. The SMILES string of the molecule is CC(C)(C)[Si](C)(C)Oc1ccc(C2OCCO2)cc1. The standard InChI is InChI=1S/C15H24O3Si/c1-15(2,3)19(4,5)18-13-8-6-12(7-9-13)14-16-10-11-17-14/h6-9,14H,10-11H2,1-5H3. The molecule has 19 heavy (non-hydrogen) atoms. The van der Waals surface area contributed by atoms with E-state index in [1.165, 1.54) is 0 Å². The third kappa shape index (κ3) is 3.38. The summed E-state index contributed by atoms with van der Waals surface area (Å²) in [5.74, 6) is 0.938. The second-order valence-electron chi connectivity index (χ2n) is 6.50. The molecule has 0 atom stereocenters. The molecule has 1 aromatic carbocycles. The van der Waals surface area contributed by atoms with Gasteiger partial charge in [-0.15, -0.1) is 0 Å². The first kappa shape index (κ1) is 14.6. The molecule has 1 aliphatic heterocycles. The lowest BCUT2D eigenvalue weighted by atomic mass is 10.2. The number of benzene rings is 1. The maximum absolute atomic E-state index is 6.24. The highest BCUT2D eigenvalue weighted by molar-refractivity contribution is 6.74. The van der Waals surface area contributed by atoms with Crippen molar-refractivity contribution >= 4 is 8.32 Å². The lowest BCUT2D eigenvalue weighted by molar-refractivity contribution is -0.0441. The summed E-state index contributed by atoms with van der Waals surface area (Å²) in [4.78, 5) is 0. The molecule has 1 heterocycles. The summed E-state index contributed by atoms with van der Waals surface area (Å²) in [6, 6.07) is 8.08. The van der Waals surface area contributed by atoms with E-state index in [0.29, 0.717) is 13.2 Å². The van der Waals surface area contributed by atoms with E-state index in [4.69, 9.17) is 13.9 Å². The topological polar surface area (TPSA) is 27.7 Å². The number of rotatable bonds is 3. The largest absolute Gasteiger partial charge is 0.544 e. The molecule has 4 heteroatoms. The van der Waals surface area contributed by atoms with Crippen molar-refractivity contribution in [3.63, 3.8) is 0 Å². The minimum absolute atomic E-state index is 0.207. The van der Waals surface area contributed by atoms with Crippen LogP contribution in [0.4, 0.5) is 0 Å². The van der Waals surface area contributed by atoms with Gasteiger partial charge < -0.3 is 13.9 Å². The minimum Gasteiger partial charge on any atom is -0.544 e. The Hall–Kier alpha value is -0.843. The average Bonchev–Trinajstić information content (AvgIpc) is 2.81. The quantitative estimate of drug-likeness (QED) is 0.780. The van der Waals surface area contributed by atoms with Gasteiger partial charge in [-0.3, -0.25) is 0 Å². The van der Waals surface area contributed by atoms with Gasteiger partial charge in [-0.05, 0) is 30.3 Å². The van der Waals surface area contributed by atoms with E-state index in [2.05, 4.69) is 33.9 Å². The molecule has 1 aromatic rings. The van der Waals surface area contributed by atoms with Crippen molar-refractivity contribution in [2.24, 2.45) is 0 Å². The summed E-state index contributed by atoms with van der Waals surface area (Å²) < 4.78 is 17.2. The Kier molecular flexibility index (Phi) is 4.04. The third-order valence-electron chi connectivity index (χ3n) is 3.95. The van der Waals surface area contributed by atoms with E-state index in [0.717, 1.165) is 11.3 Å². The smallest absolute Gasteiger partial charge is 0.250 e. The van der Waals surface area contributed by atoms with Gasteiger partial charge in [0.15, 0.2) is 6.29 Å². The van der Waals surface area contributed by atoms with Gasteiger partial charge >= 0.3 is 0 Å². The van der Waals surface area contributed by atoms with Crippen LogP contribution in [-0.2, 0) is 9.47 Å². The molecule has 0 unspecified atom stereocenters. The molecule has 0 saturated carbocycles. The van der Waals surface area contributed by atoms with Gasteiger partial charge in [-0.1, -0.05) is 32.9 Å². The fourth-order valence-electron chi connectivity index (χ4n) is 1.69. The van der Waals surface area contributed by atoms with Crippen LogP contribution in [0.3, 0.4) is 0 Å². The summed E-state index contributed by atoms with van der Waals surface area (Å²) in [6.45, 7) is 12.6. The Morgan fingerprint density at radius 1 is 1.05 bits per heavy atom. The van der Waals surface area contributed by atoms with Crippen molar-refractivity contribution < 1.29 is 13.9 Å². The maximum atomic E-state index is 6.24. The van der Waals surface area contributed by atoms with Crippen molar-refractivity contribution in [3.8, 4) is 5.75 Å². The predicted octanol–water partition coefficient (Wildman–Crippen LogP) is 4.12. The molecular weight excluding hydrogens is 256 g/mol. The zero-order chi connectivity index (χ0) is 14.1. The van der Waals surface area contributed by atoms with Crippen molar-refractivity contribution in [3.05, 3.63) is 29.8 Å². The van der Waals surface area contributed by atoms with Gasteiger partial charge in [0.1, 0.15) is 5.75 Å². The van der Waals surface area contributed by atoms with E-state index in [9.17, 15) is 0 Å². The van der Waals surface area contributed by atoms with Crippen LogP contribution in [0.2, 0.25) is 18.1 Å². The van der Waals surface area contributed by atoms with Crippen molar-refractivity contribution in [2.45, 2.75) is 45.2 Å². The first-order valence-corrected chi connectivity index (χ1v) is 9.73. The molecule has 0 aromatic heterocycles. The molecule has 3 nitrogen and oxygen atoms in total. The zero-order valence-electron chi connectivity index (χ0n) is 12.5. The molecule has 0 bridgehead atoms.